The van der Waals surface area contributed by atoms with Crippen molar-refractivity contribution in [1.29, 1.82) is 0 Å². The van der Waals surface area contributed by atoms with E-state index in [1.165, 1.54) is 4.31 Å². The highest BCUT2D eigenvalue weighted by Crippen LogP contribution is 2.42. The molecule has 1 saturated carbocycles. The zero-order valence-corrected chi connectivity index (χ0v) is 26.1. The highest BCUT2D eigenvalue weighted by molar-refractivity contribution is 7.93. The fourth-order valence-electron chi connectivity index (χ4n) is 6.42. The Morgan fingerprint density at radius 3 is 2.32 bits per heavy atom. The summed E-state index contributed by atoms with van der Waals surface area (Å²) in [6.07, 6.45) is 4.81. The van der Waals surface area contributed by atoms with Gasteiger partial charge in [-0.05, 0) is 60.0 Å². The molecule has 7 nitrogen and oxygen atoms in total. The first-order valence-corrected chi connectivity index (χ1v) is 17.1. The van der Waals surface area contributed by atoms with Gasteiger partial charge in [0.15, 0.2) is 0 Å². The predicted octanol–water partition coefficient (Wildman–Crippen LogP) is 6.48. The number of benzene rings is 4. The van der Waals surface area contributed by atoms with Gasteiger partial charge in [-0.25, -0.2) is 8.42 Å². The summed E-state index contributed by atoms with van der Waals surface area (Å²) in [6.45, 7) is 0.395. The van der Waals surface area contributed by atoms with Gasteiger partial charge >= 0.3 is 0 Å². The Morgan fingerprint density at radius 2 is 1.59 bits per heavy atom. The first-order valence-electron chi connectivity index (χ1n) is 15.2. The summed E-state index contributed by atoms with van der Waals surface area (Å²) < 4.78 is 28.4. The molecule has 4 aromatic rings. The molecule has 1 heterocycles. The van der Waals surface area contributed by atoms with Crippen LogP contribution in [0.3, 0.4) is 0 Å². The van der Waals surface area contributed by atoms with Crippen LogP contribution in [0.5, 0.6) is 0 Å². The third-order valence-electron chi connectivity index (χ3n) is 8.67. The Kier molecular flexibility index (Phi) is 8.91. The van der Waals surface area contributed by atoms with Crippen LogP contribution in [0.1, 0.15) is 49.7 Å². The summed E-state index contributed by atoms with van der Waals surface area (Å²) >= 11 is 6.14. The molecule has 228 valence electrons. The fourth-order valence-corrected chi connectivity index (χ4v) is 8.30. The third-order valence-corrected chi connectivity index (χ3v) is 10.8. The Balaban J connectivity index is 1.25. The quantitative estimate of drug-likeness (QED) is 0.206. The second-order valence-electron chi connectivity index (χ2n) is 11.7. The summed E-state index contributed by atoms with van der Waals surface area (Å²) in [7, 11) is -3.72. The lowest BCUT2D eigenvalue weighted by atomic mass is 10.0. The smallest absolute Gasteiger partial charge is 0.265 e. The van der Waals surface area contributed by atoms with E-state index in [9.17, 15) is 18.0 Å². The molecule has 2 amide bonds. The first kappa shape index (κ1) is 30.2. The van der Waals surface area contributed by atoms with Crippen molar-refractivity contribution in [1.82, 2.24) is 10.2 Å². The molecule has 1 aliphatic carbocycles. The minimum atomic E-state index is -3.72. The van der Waals surface area contributed by atoms with Crippen molar-refractivity contribution in [3.8, 4) is 0 Å². The van der Waals surface area contributed by atoms with Gasteiger partial charge in [0.05, 0.1) is 10.6 Å². The molecule has 44 heavy (non-hydrogen) atoms. The number of hydrogen-bond acceptors (Lipinski definition) is 4. The topological polar surface area (TPSA) is 86.8 Å². The van der Waals surface area contributed by atoms with Crippen molar-refractivity contribution >= 4 is 49.9 Å². The number of carbonyl (C=O) groups is 2. The van der Waals surface area contributed by atoms with Gasteiger partial charge in [0.2, 0.25) is 11.8 Å². The van der Waals surface area contributed by atoms with Gasteiger partial charge in [0.25, 0.3) is 10.0 Å². The Labute approximate surface area is 263 Å². The van der Waals surface area contributed by atoms with Gasteiger partial charge in [-0.1, -0.05) is 91.2 Å². The monoisotopic (exact) mass is 629 g/mol. The van der Waals surface area contributed by atoms with E-state index in [0.717, 1.165) is 47.6 Å². The van der Waals surface area contributed by atoms with Gasteiger partial charge in [0, 0.05) is 42.4 Å². The Morgan fingerprint density at radius 1 is 0.886 bits per heavy atom. The molecule has 1 atom stereocenters. The van der Waals surface area contributed by atoms with Crippen LogP contribution in [0.4, 0.5) is 5.69 Å². The van der Waals surface area contributed by atoms with Crippen LogP contribution in [0.25, 0.3) is 10.8 Å². The van der Waals surface area contributed by atoms with Crippen molar-refractivity contribution in [2.75, 3.05) is 10.8 Å². The van der Waals surface area contributed by atoms with Crippen molar-refractivity contribution < 1.29 is 18.0 Å². The van der Waals surface area contributed by atoms with E-state index in [1.807, 2.05) is 66.7 Å². The normalized spacial score (nSPS) is 16.2. The van der Waals surface area contributed by atoms with Crippen molar-refractivity contribution in [3.63, 3.8) is 0 Å². The van der Waals surface area contributed by atoms with Crippen molar-refractivity contribution in [2.45, 2.75) is 68.5 Å². The van der Waals surface area contributed by atoms with Crippen molar-refractivity contribution in [3.05, 3.63) is 107 Å². The zero-order valence-electron chi connectivity index (χ0n) is 24.5. The SMILES string of the molecule is O=C(NC1CCCC1)[C@H](Cc1ccccc1)N(Cc1ccc(Cl)cc1)C(=O)CCCN1c2cccc3cccc(c23)S1(=O)=O. The van der Waals surface area contributed by atoms with Crippen LogP contribution in [0.2, 0.25) is 5.02 Å². The van der Waals surface area contributed by atoms with Gasteiger partial charge in [0.1, 0.15) is 6.04 Å². The first-order chi connectivity index (χ1) is 21.3. The molecule has 0 bridgehead atoms. The van der Waals surface area contributed by atoms with Crippen LogP contribution in [-0.4, -0.2) is 43.8 Å². The lowest BCUT2D eigenvalue weighted by molar-refractivity contribution is -0.141. The number of sulfonamides is 1. The maximum Gasteiger partial charge on any atom is 0.265 e. The van der Waals surface area contributed by atoms with E-state index in [4.69, 9.17) is 11.6 Å². The van der Waals surface area contributed by atoms with Gasteiger partial charge in [-0.15, -0.1) is 0 Å². The Hall–Kier alpha value is -3.88. The van der Waals surface area contributed by atoms with Crippen molar-refractivity contribution in [2.24, 2.45) is 0 Å². The van der Waals surface area contributed by atoms with E-state index in [2.05, 4.69) is 5.32 Å². The summed E-state index contributed by atoms with van der Waals surface area (Å²) in [6, 6.07) is 27.3. The molecule has 0 radical (unpaired) electrons. The molecule has 2 aliphatic rings. The Bertz CT molecular complexity index is 1750. The number of hydrogen-bond donors (Lipinski definition) is 1. The maximum absolute atomic E-state index is 14.1. The fraction of sp³-hybridized carbons (Fsp3) is 0.314. The van der Waals surface area contributed by atoms with E-state index < -0.39 is 16.1 Å². The molecule has 0 saturated heterocycles. The highest BCUT2D eigenvalue weighted by atomic mass is 35.5. The molecule has 9 heteroatoms. The number of nitrogens with zero attached hydrogens (tertiary/aromatic N) is 2. The molecule has 4 aromatic carbocycles. The van der Waals surface area contributed by atoms with Crippen LogP contribution in [-0.2, 0) is 32.6 Å². The number of nitrogens with one attached hydrogen (secondary N) is 1. The summed E-state index contributed by atoms with van der Waals surface area (Å²) in [4.78, 5) is 29.9. The zero-order chi connectivity index (χ0) is 30.7. The van der Waals surface area contributed by atoms with E-state index in [0.29, 0.717) is 28.4 Å². The standard InChI is InChI=1S/C35H36ClN3O4S/c36-28-20-18-26(19-21-28)24-38(31(23-25-9-2-1-3-10-25)35(41)37-29-13-4-5-14-29)33(40)17-8-22-39-30-15-6-11-27-12-7-16-32(34(27)30)44(39,42)43/h1-3,6-7,9-12,15-16,18-21,29,31H,4-5,8,13-14,17,22-24H2,(H,37,41)/t31-/m0/s1. The molecular formula is C35H36ClN3O4S. The molecule has 1 N–H and O–H groups in total. The average Bonchev–Trinajstić information content (AvgIpc) is 3.61. The largest absolute Gasteiger partial charge is 0.352 e. The van der Waals surface area contributed by atoms with Gasteiger partial charge in [-0.2, -0.15) is 0 Å². The molecule has 1 aliphatic heterocycles. The minimum Gasteiger partial charge on any atom is -0.352 e. The van der Waals surface area contributed by atoms with Crippen LogP contribution < -0.4 is 9.62 Å². The number of anilines is 1. The highest BCUT2D eigenvalue weighted by Gasteiger charge is 2.36. The molecule has 6 rings (SSSR count). The molecular weight excluding hydrogens is 594 g/mol. The van der Waals surface area contributed by atoms with Crippen LogP contribution >= 0.6 is 11.6 Å². The van der Waals surface area contributed by atoms with E-state index in [1.54, 1.807) is 29.2 Å². The van der Waals surface area contributed by atoms with Gasteiger partial charge < -0.3 is 10.2 Å². The molecule has 0 unspecified atom stereocenters. The van der Waals surface area contributed by atoms with Gasteiger partial charge in [-0.3, -0.25) is 13.9 Å². The maximum atomic E-state index is 14.1. The summed E-state index contributed by atoms with van der Waals surface area (Å²) in [5, 5.41) is 5.40. The molecule has 0 spiro atoms. The lowest BCUT2D eigenvalue weighted by Gasteiger charge is -2.32. The number of carbonyl (C=O) groups excluding carboxylic acids is 2. The number of rotatable bonds is 11. The summed E-state index contributed by atoms with van der Waals surface area (Å²) in [5.74, 6) is -0.359. The van der Waals surface area contributed by atoms with E-state index >= 15 is 0 Å². The second kappa shape index (κ2) is 13.0. The molecule has 1 fully saturated rings. The second-order valence-corrected chi connectivity index (χ2v) is 13.9. The van der Waals surface area contributed by atoms with E-state index in [-0.39, 0.29) is 37.4 Å². The van der Waals surface area contributed by atoms with Crippen LogP contribution in [0.15, 0.2) is 95.9 Å². The lowest BCUT2D eigenvalue weighted by Crippen LogP contribution is -2.52. The number of amides is 2. The minimum absolute atomic E-state index is 0.0912. The summed E-state index contributed by atoms with van der Waals surface area (Å²) in [5.41, 5.74) is 2.46. The average molecular weight is 630 g/mol. The molecule has 0 aromatic heterocycles. The third kappa shape index (κ3) is 6.33. The van der Waals surface area contributed by atoms with Crippen LogP contribution in [0, 0.1) is 0 Å². The number of halogens is 1. The predicted molar refractivity (Wildman–Crippen MR) is 174 cm³/mol.